The molecule has 0 radical (unpaired) electrons. The molecule has 0 aliphatic carbocycles. The number of carbonyl (C=O) groups is 3. The van der Waals surface area contributed by atoms with Crippen molar-refractivity contribution in [2.75, 3.05) is 5.32 Å². The molecule has 1 unspecified atom stereocenters. The van der Waals surface area contributed by atoms with Gasteiger partial charge in [-0.25, -0.2) is 5.01 Å². The van der Waals surface area contributed by atoms with Crippen LogP contribution in [0.3, 0.4) is 0 Å². The molecule has 1 saturated heterocycles. The zero-order chi connectivity index (χ0) is 22.9. The highest BCUT2D eigenvalue weighted by Crippen LogP contribution is 2.22. The van der Waals surface area contributed by atoms with Crippen LogP contribution in [0.4, 0.5) is 5.69 Å². The summed E-state index contributed by atoms with van der Waals surface area (Å²) in [6.45, 7) is 2.34. The lowest BCUT2D eigenvalue weighted by atomic mass is 10.1. The van der Waals surface area contributed by atoms with Crippen LogP contribution in [0.15, 0.2) is 60.7 Å². The summed E-state index contributed by atoms with van der Waals surface area (Å²) in [5.74, 6) is -0.858. The van der Waals surface area contributed by atoms with Gasteiger partial charge in [0.2, 0.25) is 11.8 Å². The fourth-order valence-corrected chi connectivity index (χ4v) is 3.83. The van der Waals surface area contributed by atoms with Crippen LogP contribution in [0.5, 0.6) is 0 Å². The molecule has 2 aromatic rings. The molecule has 0 bridgehead atoms. The lowest BCUT2D eigenvalue weighted by Gasteiger charge is -2.24. The molecule has 168 valence electrons. The number of anilines is 1. The van der Waals surface area contributed by atoms with Gasteiger partial charge in [-0.3, -0.25) is 24.7 Å². The molecule has 7 nitrogen and oxygen atoms in total. The number of thiocarbonyl (C=S) groups is 1. The number of unbranched alkanes of at least 4 members (excludes halogenated alkanes) is 2. The number of nitrogens with one attached hydrogen (secondary N) is 2. The first-order valence-electron chi connectivity index (χ1n) is 10.8. The Morgan fingerprint density at radius 1 is 0.969 bits per heavy atom. The highest BCUT2D eigenvalue weighted by atomic mass is 32.1. The number of rotatable bonds is 10. The van der Waals surface area contributed by atoms with Gasteiger partial charge in [0, 0.05) is 12.1 Å². The van der Waals surface area contributed by atoms with Gasteiger partial charge in [0.15, 0.2) is 5.11 Å². The van der Waals surface area contributed by atoms with Crippen molar-refractivity contribution < 1.29 is 14.4 Å². The molecular weight excluding hydrogens is 424 g/mol. The van der Waals surface area contributed by atoms with E-state index in [0.717, 1.165) is 24.8 Å². The summed E-state index contributed by atoms with van der Waals surface area (Å²) in [6.07, 6.45) is 2.90. The summed E-state index contributed by atoms with van der Waals surface area (Å²) in [4.78, 5) is 39.8. The van der Waals surface area contributed by atoms with Gasteiger partial charge < -0.3 is 5.32 Å². The maximum atomic E-state index is 13.2. The fourth-order valence-electron chi connectivity index (χ4n) is 3.50. The van der Waals surface area contributed by atoms with E-state index in [1.165, 1.54) is 9.91 Å². The third-order valence-corrected chi connectivity index (χ3v) is 5.59. The molecule has 0 aromatic heterocycles. The molecule has 2 N–H and O–H groups in total. The Bertz CT molecular complexity index is 952. The Kier molecular flexibility index (Phi) is 8.33. The van der Waals surface area contributed by atoms with Crippen molar-refractivity contribution >= 4 is 40.7 Å². The second-order valence-electron chi connectivity index (χ2n) is 7.69. The molecule has 3 amide bonds. The van der Waals surface area contributed by atoms with E-state index >= 15 is 0 Å². The zero-order valence-electron chi connectivity index (χ0n) is 18.1. The summed E-state index contributed by atoms with van der Waals surface area (Å²) in [6, 6.07) is 17.6. The lowest BCUT2D eigenvalue weighted by molar-refractivity contribution is -0.133. The van der Waals surface area contributed by atoms with Crippen LogP contribution >= 0.6 is 12.2 Å². The molecule has 2 aromatic carbocycles. The topological polar surface area (TPSA) is 81.8 Å². The first kappa shape index (κ1) is 23.4. The Labute approximate surface area is 193 Å². The summed E-state index contributed by atoms with van der Waals surface area (Å²) in [7, 11) is 0. The zero-order valence-corrected chi connectivity index (χ0v) is 18.9. The highest BCUT2D eigenvalue weighted by molar-refractivity contribution is 7.80. The van der Waals surface area contributed by atoms with Crippen molar-refractivity contribution in [1.29, 1.82) is 0 Å². The van der Waals surface area contributed by atoms with Crippen molar-refractivity contribution in [3.8, 4) is 0 Å². The third-order valence-electron chi connectivity index (χ3n) is 5.17. The van der Waals surface area contributed by atoms with Crippen LogP contribution in [-0.2, 0) is 20.9 Å². The molecule has 1 aliphatic rings. The van der Waals surface area contributed by atoms with Crippen LogP contribution in [0.1, 0.15) is 44.6 Å². The smallest absolute Gasteiger partial charge is 0.254 e. The Balaban J connectivity index is 1.74. The third kappa shape index (κ3) is 6.13. The number of hydrogen-bond donors (Lipinski definition) is 2. The van der Waals surface area contributed by atoms with Crippen molar-refractivity contribution in [1.82, 2.24) is 15.3 Å². The monoisotopic (exact) mass is 452 g/mol. The van der Waals surface area contributed by atoms with Gasteiger partial charge in [0.25, 0.3) is 5.91 Å². The van der Waals surface area contributed by atoms with E-state index in [4.69, 9.17) is 12.2 Å². The molecule has 0 spiro atoms. The highest BCUT2D eigenvalue weighted by Gasteiger charge is 2.44. The molecule has 1 atom stereocenters. The van der Waals surface area contributed by atoms with E-state index in [2.05, 4.69) is 17.7 Å². The largest absolute Gasteiger partial charge is 0.326 e. The number of hydrazine groups is 1. The summed E-state index contributed by atoms with van der Waals surface area (Å²) in [5.41, 5.74) is 4.31. The van der Waals surface area contributed by atoms with Crippen molar-refractivity contribution in [3.63, 3.8) is 0 Å². The minimum absolute atomic E-state index is 0.131. The number of carbonyl (C=O) groups excluding carboxylic acids is 3. The number of amides is 3. The Morgan fingerprint density at radius 3 is 2.28 bits per heavy atom. The average molecular weight is 453 g/mol. The minimum atomic E-state index is -0.898. The Morgan fingerprint density at radius 2 is 1.62 bits per heavy atom. The molecule has 0 saturated carbocycles. The second-order valence-corrected chi connectivity index (χ2v) is 8.05. The fraction of sp³-hybridized carbons (Fsp3) is 0.333. The van der Waals surface area contributed by atoms with Gasteiger partial charge in [0.1, 0.15) is 6.04 Å². The van der Waals surface area contributed by atoms with Crippen molar-refractivity contribution in [2.45, 2.75) is 51.6 Å². The quantitative estimate of drug-likeness (QED) is 0.425. The number of benzene rings is 2. The van der Waals surface area contributed by atoms with E-state index < -0.39 is 6.04 Å². The van der Waals surface area contributed by atoms with E-state index in [-0.39, 0.29) is 35.8 Å². The van der Waals surface area contributed by atoms with Crippen LogP contribution in [0.2, 0.25) is 0 Å². The number of hydrogen-bond acceptors (Lipinski definition) is 4. The molecular formula is C24H28N4O3S. The van der Waals surface area contributed by atoms with E-state index in [9.17, 15) is 14.4 Å². The standard InChI is InChI=1S/C24H28N4O3S/c1-2-3-6-15-21(29)26-28-20(16-22(30)25-19-13-9-5-10-14-19)23(31)27(24(28)32)17-18-11-7-4-8-12-18/h4-5,7-14,20H,2-3,6,15-17H2,1H3,(H,25,30)(H,26,29). The van der Waals surface area contributed by atoms with Gasteiger partial charge in [-0.2, -0.15) is 0 Å². The summed E-state index contributed by atoms with van der Waals surface area (Å²) < 4.78 is 0. The number of para-hydroxylation sites is 1. The second kappa shape index (κ2) is 11.4. The van der Waals surface area contributed by atoms with E-state index in [1.807, 2.05) is 48.5 Å². The van der Waals surface area contributed by atoms with Gasteiger partial charge in [0.05, 0.1) is 13.0 Å². The molecule has 8 heteroatoms. The maximum Gasteiger partial charge on any atom is 0.254 e. The van der Waals surface area contributed by atoms with Crippen LogP contribution in [0, 0.1) is 0 Å². The maximum absolute atomic E-state index is 13.2. The van der Waals surface area contributed by atoms with Crippen LogP contribution < -0.4 is 10.7 Å². The van der Waals surface area contributed by atoms with E-state index in [0.29, 0.717) is 12.1 Å². The SMILES string of the molecule is CCCCCC(=O)NN1C(=S)N(Cc2ccccc2)C(=O)C1CC(=O)Nc1ccccc1. The minimum Gasteiger partial charge on any atom is -0.326 e. The average Bonchev–Trinajstić information content (AvgIpc) is 2.99. The molecule has 3 rings (SSSR count). The van der Waals surface area contributed by atoms with Crippen LogP contribution in [0.25, 0.3) is 0 Å². The number of nitrogens with zero attached hydrogens (tertiary/aromatic N) is 2. The van der Waals surface area contributed by atoms with E-state index in [1.54, 1.807) is 12.1 Å². The van der Waals surface area contributed by atoms with Crippen molar-refractivity contribution in [2.24, 2.45) is 0 Å². The lowest BCUT2D eigenvalue weighted by Crippen LogP contribution is -2.49. The summed E-state index contributed by atoms with van der Waals surface area (Å²) >= 11 is 5.54. The van der Waals surface area contributed by atoms with Gasteiger partial charge in [-0.1, -0.05) is 68.3 Å². The first-order valence-corrected chi connectivity index (χ1v) is 11.2. The van der Waals surface area contributed by atoms with Crippen LogP contribution in [-0.4, -0.2) is 38.8 Å². The predicted molar refractivity (Wildman–Crippen MR) is 127 cm³/mol. The predicted octanol–water partition coefficient (Wildman–Crippen LogP) is 3.62. The van der Waals surface area contributed by atoms with Gasteiger partial charge in [-0.05, 0) is 36.3 Å². The molecule has 1 aliphatic heterocycles. The molecule has 1 fully saturated rings. The van der Waals surface area contributed by atoms with Gasteiger partial charge in [-0.15, -0.1) is 0 Å². The van der Waals surface area contributed by atoms with Crippen molar-refractivity contribution in [3.05, 3.63) is 66.2 Å². The molecule has 1 heterocycles. The first-order chi connectivity index (χ1) is 15.5. The van der Waals surface area contributed by atoms with Gasteiger partial charge >= 0.3 is 0 Å². The Hall–Kier alpha value is -3.26. The molecule has 32 heavy (non-hydrogen) atoms. The summed E-state index contributed by atoms with van der Waals surface area (Å²) in [5, 5.41) is 4.36. The normalized spacial score (nSPS) is 15.7.